The van der Waals surface area contributed by atoms with Crippen molar-refractivity contribution in [2.24, 2.45) is 5.92 Å². The first-order valence-electron chi connectivity index (χ1n) is 13.3. The number of aromatic nitrogens is 2. The maximum Gasteiger partial charge on any atom is 0.232 e. The van der Waals surface area contributed by atoms with E-state index >= 15 is 0 Å². The van der Waals surface area contributed by atoms with Gasteiger partial charge in [0.1, 0.15) is 17.5 Å². The van der Waals surface area contributed by atoms with E-state index in [-0.39, 0.29) is 11.2 Å². The summed E-state index contributed by atoms with van der Waals surface area (Å²) in [5, 5.41) is 7.21. The molecular weight excluding hydrogens is 475 g/mol. The molecule has 5 rings (SSSR count). The van der Waals surface area contributed by atoms with Gasteiger partial charge in [-0.25, -0.2) is 4.39 Å². The summed E-state index contributed by atoms with van der Waals surface area (Å²) in [6, 6.07) is 9.05. The summed E-state index contributed by atoms with van der Waals surface area (Å²) in [5.74, 6) is 2.92. The molecule has 194 valence electrons. The van der Waals surface area contributed by atoms with E-state index in [4.69, 9.17) is 26.9 Å². The summed E-state index contributed by atoms with van der Waals surface area (Å²) >= 11 is 5.70. The summed E-state index contributed by atoms with van der Waals surface area (Å²) < 4.78 is 19.1. The molecule has 3 fully saturated rings. The zero-order valence-corrected chi connectivity index (χ0v) is 22.0. The maximum absolute atomic E-state index is 13.5. The Morgan fingerprint density at radius 2 is 1.64 bits per heavy atom. The monoisotopic (exact) mass is 512 g/mol. The summed E-state index contributed by atoms with van der Waals surface area (Å²) in [5.41, 5.74) is 1.13. The van der Waals surface area contributed by atoms with E-state index in [1.165, 1.54) is 31.2 Å². The van der Waals surface area contributed by atoms with Gasteiger partial charge in [-0.15, -0.1) is 0 Å². The number of thiocarbonyl (C=S) groups is 1. The molecule has 2 aromatic rings. The molecule has 36 heavy (non-hydrogen) atoms. The first-order chi connectivity index (χ1) is 17.5. The molecule has 0 spiro atoms. The van der Waals surface area contributed by atoms with Crippen LogP contribution in [0.4, 0.5) is 22.0 Å². The summed E-state index contributed by atoms with van der Waals surface area (Å²) in [4.78, 5) is 14.3. The van der Waals surface area contributed by atoms with Crippen molar-refractivity contribution in [3.8, 4) is 0 Å². The fourth-order valence-corrected chi connectivity index (χ4v) is 5.81. The summed E-state index contributed by atoms with van der Waals surface area (Å²) in [6.45, 7) is 8.06. The number of ether oxygens (including phenoxy) is 1. The molecule has 1 aliphatic carbocycles. The fraction of sp³-hybridized carbons (Fsp3) is 0.593. The molecule has 0 unspecified atom stereocenters. The minimum atomic E-state index is -0.201. The molecule has 3 heterocycles. The highest BCUT2D eigenvalue weighted by atomic mass is 32.1. The number of nitrogens with one attached hydrogen (secondary N) is 2. The lowest BCUT2D eigenvalue weighted by Gasteiger charge is -2.33. The number of nitrogens with zero attached hydrogens (tertiary/aromatic N) is 4. The average molecular weight is 513 g/mol. The zero-order chi connectivity index (χ0) is 25.0. The van der Waals surface area contributed by atoms with Crippen molar-refractivity contribution in [2.45, 2.75) is 50.9 Å². The van der Waals surface area contributed by atoms with Gasteiger partial charge in [-0.2, -0.15) is 9.97 Å². The van der Waals surface area contributed by atoms with Gasteiger partial charge >= 0.3 is 0 Å². The zero-order valence-electron chi connectivity index (χ0n) is 21.1. The normalized spacial score (nSPS) is 20.4. The van der Waals surface area contributed by atoms with Crippen LogP contribution in [0, 0.1) is 11.7 Å². The Morgan fingerprint density at radius 3 is 2.28 bits per heavy atom. The molecule has 0 bridgehead atoms. The van der Waals surface area contributed by atoms with Gasteiger partial charge in [0.15, 0.2) is 5.11 Å². The van der Waals surface area contributed by atoms with Crippen LogP contribution in [0.3, 0.4) is 0 Å². The highest BCUT2D eigenvalue weighted by molar-refractivity contribution is 7.80. The van der Waals surface area contributed by atoms with E-state index in [1.807, 2.05) is 12.1 Å². The third-order valence-corrected chi connectivity index (χ3v) is 8.22. The van der Waals surface area contributed by atoms with Gasteiger partial charge in [0, 0.05) is 44.2 Å². The van der Waals surface area contributed by atoms with Crippen LogP contribution in [0.1, 0.15) is 51.0 Å². The van der Waals surface area contributed by atoms with Crippen LogP contribution in [-0.2, 0) is 10.2 Å². The van der Waals surface area contributed by atoms with Crippen molar-refractivity contribution >= 4 is 34.9 Å². The number of rotatable bonds is 6. The quantitative estimate of drug-likeness (QED) is 0.549. The molecule has 0 amide bonds. The van der Waals surface area contributed by atoms with Gasteiger partial charge in [-0.3, -0.25) is 0 Å². The smallest absolute Gasteiger partial charge is 0.232 e. The molecule has 2 aliphatic heterocycles. The van der Waals surface area contributed by atoms with E-state index in [0.717, 1.165) is 56.6 Å². The van der Waals surface area contributed by atoms with Gasteiger partial charge in [-0.1, -0.05) is 31.9 Å². The Bertz CT molecular complexity index is 1030. The van der Waals surface area contributed by atoms with Crippen molar-refractivity contribution in [3.05, 3.63) is 41.7 Å². The van der Waals surface area contributed by atoms with Crippen LogP contribution in [-0.4, -0.2) is 61.0 Å². The van der Waals surface area contributed by atoms with Gasteiger partial charge in [-0.05, 0) is 61.5 Å². The molecule has 7 nitrogen and oxygen atoms in total. The Hall–Kier alpha value is -2.52. The molecule has 2 saturated heterocycles. The van der Waals surface area contributed by atoms with E-state index in [1.54, 1.807) is 12.1 Å². The van der Waals surface area contributed by atoms with E-state index in [0.29, 0.717) is 30.8 Å². The molecular formula is C27H37FN6OS. The molecule has 1 aromatic carbocycles. The van der Waals surface area contributed by atoms with E-state index < -0.39 is 0 Å². The second-order valence-electron chi connectivity index (χ2n) is 10.5. The van der Waals surface area contributed by atoms with Crippen LogP contribution in [0.25, 0.3) is 0 Å². The third kappa shape index (κ3) is 5.89. The second kappa shape index (κ2) is 11.3. The highest BCUT2D eigenvalue weighted by Gasteiger charge is 2.35. The van der Waals surface area contributed by atoms with Crippen LogP contribution >= 0.6 is 12.2 Å². The van der Waals surface area contributed by atoms with Gasteiger partial charge in [0.05, 0.1) is 13.2 Å². The first kappa shape index (κ1) is 25.1. The molecule has 0 atom stereocenters. The Morgan fingerprint density at radius 1 is 1.03 bits per heavy atom. The van der Waals surface area contributed by atoms with Crippen LogP contribution in [0.5, 0.6) is 0 Å². The predicted molar refractivity (Wildman–Crippen MR) is 146 cm³/mol. The van der Waals surface area contributed by atoms with Crippen molar-refractivity contribution in [1.82, 2.24) is 15.3 Å². The maximum atomic E-state index is 13.5. The minimum Gasteiger partial charge on any atom is -0.378 e. The SMILES string of the molecule is CC1CCN(c2cc(N3CCOCC3)nc(NC(=S)NCC3(c4ccc(F)cc4)CCCC3)n2)CC1. The fourth-order valence-electron chi connectivity index (χ4n) is 5.65. The summed E-state index contributed by atoms with van der Waals surface area (Å²) in [7, 11) is 0. The molecule has 0 radical (unpaired) electrons. The molecule has 2 N–H and O–H groups in total. The first-order valence-corrected chi connectivity index (χ1v) is 13.7. The van der Waals surface area contributed by atoms with Crippen LogP contribution in [0.2, 0.25) is 0 Å². The molecule has 3 aliphatic rings. The van der Waals surface area contributed by atoms with E-state index in [9.17, 15) is 4.39 Å². The summed E-state index contributed by atoms with van der Waals surface area (Å²) in [6.07, 6.45) is 6.81. The topological polar surface area (TPSA) is 65.6 Å². The highest BCUT2D eigenvalue weighted by Crippen LogP contribution is 2.40. The van der Waals surface area contributed by atoms with Gasteiger partial charge in [0.2, 0.25) is 5.95 Å². The number of hydrogen-bond acceptors (Lipinski definition) is 6. The van der Waals surface area contributed by atoms with E-state index in [2.05, 4.69) is 33.4 Å². The standard InChI is InChI=1S/C27H37FN6OS/c1-20-8-12-33(13-9-20)23-18-24(34-14-16-35-17-15-34)31-25(30-23)32-26(36)29-19-27(10-2-3-11-27)21-4-6-22(28)7-5-21/h4-7,18,20H,2-3,8-17,19H2,1H3,(H2,29,30,31,32,36). The van der Waals surface area contributed by atoms with Gasteiger partial charge in [0.25, 0.3) is 0 Å². The minimum absolute atomic E-state index is 0.0361. The Kier molecular flexibility index (Phi) is 7.86. The van der Waals surface area contributed by atoms with Crippen molar-refractivity contribution in [1.29, 1.82) is 0 Å². The van der Waals surface area contributed by atoms with Crippen LogP contribution in [0.15, 0.2) is 30.3 Å². The molecule has 1 saturated carbocycles. The lowest BCUT2D eigenvalue weighted by molar-refractivity contribution is 0.122. The number of hydrogen-bond donors (Lipinski definition) is 2. The number of anilines is 3. The third-order valence-electron chi connectivity index (χ3n) is 7.97. The predicted octanol–water partition coefficient (Wildman–Crippen LogP) is 4.49. The number of morpholine rings is 1. The Balaban J connectivity index is 1.30. The average Bonchev–Trinajstić information content (AvgIpc) is 3.39. The van der Waals surface area contributed by atoms with Crippen LogP contribution < -0.4 is 20.4 Å². The van der Waals surface area contributed by atoms with Crippen molar-refractivity contribution < 1.29 is 9.13 Å². The largest absolute Gasteiger partial charge is 0.378 e. The number of halogens is 1. The lowest BCUT2D eigenvalue weighted by atomic mass is 9.79. The van der Waals surface area contributed by atoms with Gasteiger partial charge < -0.3 is 25.2 Å². The molecule has 9 heteroatoms. The number of piperidine rings is 1. The lowest BCUT2D eigenvalue weighted by Crippen LogP contribution is -2.41. The van der Waals surface area contributed by atoms with Crippen molar-refractivity contribution in [3.63, 3.8) is 0 Å². The molecule has 1 aromatic heterocycles. The Labute approximate surface area is 218 Å². The van der Waals surface area contributed by atoms with Crippen molar-refractivity contribution in [2.75, 3.05) is 61.1 Å². The number of benzene rings is 1. The second-order valence-corrected chi connectivity index (χ2v) is 10.9.